The number of aliphatic hydroxyl groups excluding tert-OH is 2. The molecule has 2 aromatic rings. The van der Waals surface area contributed by atoms with Crippen LogP contribution >= 0.6 is 0 Å². The fourth-order valence-corrected chi connectivity index (χ4v) is 4.89. The Kier molecular flexibility index (Phi) is 7.57. The molecule has 2 N–H and O–H groups in total. The molecule has 0 spiro atoms. The van der Waals surface area contributed by atoms with Crippen molar-refractivity contribution in [2.45, 2.75) is 44.9 Å². The van der Waals surface area contributed by atoms with Gasteiger partial charge in [0, 0.05) is 43.0 Å². The first-order valence-electron chi connectivity index (χ1n) is 11.1. The number of anilines is 2. The Morgan fingerprint density at radius 2 is 1.07 bits per heavy atom. The van der Waals surface area contributed by atoms with Crippen LogP contribution in [-0.2, 0) is 5.41 Å². The predicted molar refractivity (Wildman–Crippen MR) is 122 cm³/mol. The van der Waals surface area contributed by atoms with Gasteiger partial charge in [-0.25, -0.2) is 0 Å². The van der Waals surface area contributed by atoms with Crippen LogP contribution in [0.3, 0.4) is 0 Å². The quantitative estimate of drug-likeness (QED) is 0.632. The third kappa shape index (κ3) is 4.59. The lowest BCUT2D eigenvalue weighted by atomic mass is 9.73. The van der Waals surface area contributed by atoms with Crippen LogP contribution in [-0.4, -0.2) is 49.6 Å². The van der Waals surface area contributed by atoms with E-state index in [4.69, 9.17) is 0 Å². The van der Waals surface area contributed by atoms with Crippen molar-refractivity contribution in [3.63, 3.8) is 0 Å². The van der Waals surface area contributed by atoms with Gasteiger partial charge in [0.2, 0.25) is 0 Å². The van der Waals surface area contributed by atoms with Crippen LogP contribution in [0.5, 0.6) is 0 Å². The normalized spacial score (nSPS) is 15.4. The number of aliphatic hydroxyl groups is 2. The smallest absolute Gasteiger partial charge is 0.0606 e. The van der Waals surface area contributed by atoms with Crippen LogP contribution in [0.2, 0.25) is 0 Å². The summed E-state index contributed by atoms with van der Waals surface area (Å²) in [5, 5.41) is 18.6. The van der Waals surface area contributed by atoms with Gasteiger partial charge in [0.15, 0.2) is 0 Å². The fraction of sp³-hybridized carbons (Fsp3) is 0.520. The van der Waals surface area contributed by atoms with E-state index in [0.717, 1.165) is 13.1 Å². The van der Waals surface area contributed by atoms with Gasteiger partial charge in [0.25, 0.3) is 0 Å². The van der Waals surface area contributed by atoms with E-state index in [1.165, 1.54) is 48.2 Å². The second-order valence-corrected chi connectivity index (χ2v) is 7.99. The van der Waals surface area contributed by atoms with Crippen LogP contribution in [0.4, 0.5) is 11.4 Å². The highest BCUT2D eigenvalue weighted by Gasteiger charge is 2.37. The molecule has 0 aromatic heterocycles. The summed E-state index contributed by atoms with van der Waals surface area (Å²) in [6.45, 7) is 7.74. The van der Waals surface area contributed by atoms with E-state index >= 15 is 0 Å². The number of hydrogen-bond donors (Lipinski definition) is 2. The molecule has 1 saturated carbocycles. The van der Waals surface area contributed by atoms with Gasteiger partial charge in [0.05, 0.1) is 13.2 Å². The zero-order valence-corrected chi connectivity index (χ0v) is 18.0. The molecule has 4 nitrogen and oxygen atoms in total. The lowest BCUT2D eigenvalue weighted by Crippen LogP contribution is -2.27. The monoisotopic (exact) mass is 396 g/mol. The predicted octanol–water partition coefficient (Wildman–Crippen LogP) is 4.18. The summed E-state index contributed by atoms with van der Waals surface area (Å²) in [5.41, 5.74) is 5.25. The van der Waals surface area contributed by atoms with Crippen molar-refractivity contribution in [1.29, 1.82) is 0 Å². The Balaban J connectivity index is 1.88. The zero-order chi connectivity index (χ0) is 20.7. The zero-order valence-electron chi connectivity index (χ0n) is 18.0. The van der Waals surface area contributed by atoms with Gasteiger partial charge in [0.1, 0.15) is 0 Å². The lowest BCUT2D eigenvalue weighted by molar-refractivity contribution is 0.302. The fourth-order valence-electron chi connectivity index (χ4n) is 4.89. The first-order chi connectivity index (χ1) is 14.2. The largest absolute Gasteiger partial charge is 0.395 e. The molecule has 1 aliphatic rings. The molecule has 0 amide bonds. The molecule has 0 saturated heterocycles. The van der Waals surface area contributed by atoms with Gasteiger partial charge >= 0.3 is 0 Å². The molecule has 0 unspecified atom stereocenters. The molecule has 0 heterocycles. The molecule has 29 heavy (non-hydrogen) atoms. The van der Waals surface area contributed by atoms with Crippen molar-refractivity contribution in [2.75, 3.05) is 49.2 Å². The van der Waals surface area contributed by atoms with Crippen LogP contribution in [0.15, 0.2) is 48.5 Å². The minimum absolute atomic E-state index is 0.0963. The average molecular weight is 397 g/mol. The van der Waals surface area contributed by atoms with Crippen molar-refractivity contribution in [2.24, 2.45) is 0 Å². The highest BCUT2D eigenvalue weighted by Crippen LogP contribution is 2.47. The van der Waals surface area contributed by atoms with Crippen molar-refractivity contribution < 1.29 is 10.2 Å². The number of hydrogen-bond acceptors (Lipinski definition) is 4. The maximum Gasteiger partial charge on any atom is 0.0606 e. The van der Waals surface area contributed by atoms with Crippen molar-refractivity contribution in [1.82, 2.24) is 0 Å². The molecule has 4 heteroatoms. The van der Waals surface area contributed by atoms with E-state index in [1.807, 2.05) is 0 Å². The van der Waals surface area contributed by atoms with E-state index in [9.17, 15) is 10.2 Å². The number of nitrogens with zero attached hydrogens (tertiary/aromatic N) is 2. The minimum Gasteiger partial charge on any atom is -0.395 e. The standard InChI is InChI=1S/C25H36N2O2/c1-3-26(17-19-28)23-11-7-21(8-12-23)25(15-5-6-16-25)22-9-13-24(14-10-22)27(4-2)18-20-29/h7-14,28-29H,3-6,15-20H2,1-2H3. The highest BCUT2D eigenvalue weighted by molar-refractivity contribution is 5.54. The minimum atomic E-state index is 0.0963. The Hall–Kier alpha value is -2.04. The van der Waals surface area contributed by atoms with Gasteiger partial charge in [-0.2, -0.15) is 0 Å². The van der Waals surface area contributed by atoms with Crippen molar-refractivity contribution >= 4 is 11.4 Å². The van der Waals surface area contributed by atoms with Gasteiger partial charge in [-0.3, -0.25) is 0 Å². The third-order valence-electron chi connectivity index (χ3n) is 6.53. The number of likely N-dealkylation sites (N-methyl/N-ethyl adjacent to an activating group) is 2. The summed E-state index contributed by atoms with van der Waals surface area (Å²) in [4.78, 5) is 4.42. The summed E-state index contributed by atoms with van der Waals surface area (Å²) >= 11 is 0. The van der Waals surface area contributed by atoms with E-state index in [0.29, 0.717) is 13.1 Å². The molecule has 3 rings (SSSR count). The Labute approximate surface area is 175 Å². The molecule has 1 fully saturated rings. The van der Waals surface area contributed by atoms with Gasteiger partial charge < -0.3 is 20.0 Å². The second-order valence-electron chi connectivity index (χ2n) is 7.99. The molecule has 0 bridgehead atoms. The highest BCUT2D eigenvalue weighted by atomic mass is 16.3. The van der Waals surface area contributed by atoms with Crippen LogP contribution < -0.4 is 9.80 Å². The van der Waals surface area contributed by atoms with Gasteiger partial charge in [-0.05, 0) is 62.1 Å². The van der Waals surface area contributed by atoms with Crippen LogP contribution in [0.25, 0.3) is 0 Å². The Morgan fingerprint density at radius 1 is 0.690 bits per heavy atom. The maximum atomic E-state index is 9.30. The van der Waals surface area contributed by atoms with Gasteiger partial charge in [-0.1, -0.05) is 37.1 Å². The summed E-state index contributed by atoms with van der Waals surface area (Å²) in [5.74, 6) is 0. The van der Waals surface area contributed by atoms with Crippen molar-refractivity contribution in [3.8, 4) is 0 Å². The first kappa shape index (κ1) is 21.7. The average Bonchev–Trinajstić information content (AvgIpc) is 3.27. The second kappa shape index (κ2) is 10.1. The maximum absolute atomic E-state index is 9.30. The molecule has 0 radical (unpaired) electrons. The summed E-state index contributed by atoms with van der Waals surface area (Å²) in [6, 6.07) is 18.0. The number of rotatable bonds is 10. The molecule has 0 aliphatic heterocycles. The lowest BCUT2D eigenvalue weighted by Gasteiger charge is -2.32. The molecular formula is C25H36N2O2. The summed E-state index contributed by atoms with van der Waals surface area (Å²) < 4.78 is 0. The third-order valence-corrected chi connectivity index (χ3v) is 6.53. The topological polar surface area (TPSA) is 46.9 Å². The molecule has 158 valence electrons. The molecule has 0 atom stereocenters. The van der Waals surface area contributed by atoms with Crippen molar-refractivity contribution in [3.05, 3.63) is 59.7 Å². The Bertz CT molecular complexity index is 677. The molecule has 2 aromatic carbocycles. The molecular weight excluding hydrogens is 360 g/mol. The Morgan fingerprint density at radius 3 is 1.38 bits per heavy atom. The van der Waals surface area contributed by atoms with E-state index in [1.54, 1.807) is 0 Å². The van der Waals surface area contributed by atoms with E-state index < -0.39 is 0 Å². The SMILES string of the molecule is CCN(CCO)c1ccc(C2(c3ccc(N(CC)CCO)cc3)CCCC2)cc1. The first-order valence-corrected chi connectivity index (χ1v) is 11.1. The van der Waals surface area contributed by atoms with Gasteiger partial charge in [-0.15, -0.1) is 0 Å². The summed E-state index contributed by atoms with van der Waals surface area (Å²) in [7, 11) is 0. The van der Waals surface area contributed by atoms with E-state index in [2.05, 4.69) is 72.2 Å². The van der Waals surface area contributed by atoms with Crippen LogP contribution in [0.1, 0.15) is 50.7 Å². The molecule has 1 aliphatic carbocycles. The van der Waals surface area contributed by atoms with E-state index in [-0.39, 0.29) is 18.6 Å². The van der Waals surface area contributed by atoms with Crippen LogP contribution in [0, 0.1) is 0 Å². The number of benzene rings is 2. The summed E-state index contributed by atoms with van der Waals surface area (Å²) in [6.07, 6.45) is 4.91.